The SMILES string of the molecule is CCOc1cc(/C=C2\SC(=S)N(CCc3ccccc3)C2=O)ccc1OCC(=O)Nc1ccc(OC)cc1. The zero-order valence-corrected chi connectivity index (χ0v) is 22.8. The average molecular weight is 549 g/mol. The quantitative estimate of drug-likeness (QED) is 0.249. The van der Waals surface area contributed by atoms with Crippen LogP contribution in [0.1, 0.15) is 18.1 Å². The predicted molar refractivity (Wildman–Crippen MR) is 155 cm³/mol. The maximum absolute atomic E-state index is 13.0. The minimum atomic E-state index is -0.305. The Morgan fingerprint density at radius 3 is 2.50 bits per heavy atom. The first-order chi connectivity index (χ1) is 18.5. The van der Waals surface area contributed by atoms with Crippen LogP contribution < -0.4 is 19.5 Å². The van der Waals surface area contributed by atoms with E-state index in [0.717, 1.165) is 17.5 Å². The van der Waals surface area contributed by atoms with Crippen LogP contribution >= 0.6 is 24.0 Å². The van der Waals surface area contributed by atoms with Gasteiger partial charge >= 0.3 is 0 Å². The lowest BCUT2D eigenvalue weighted by Crippen LogP contribution is -2.30. The Balaban J connectivity index is 1.39. The van der Waals surface area contributed by atoms with Crippen LogP contribution in [0.5, 0.6) is 17.2 Å². The van der Waals surface area contributed by atoms with E-state index >= 15 is 0 Å². The van der Waals surface area contributed by atoms with Crippen LogP contribution in [-0.4, -0.2) is 47.9 Å². The number of nitrogens with one attached hydrogen (secondary N) is 1. The third kappa shape index (κ3) is 7.14. The molecule has 3 aromatic carbocycles. The van der Waals surface area contributed by atoms with Gasteiger partial charge in [-0.1, -0.05) is 60.4 Å². The summed E-state index contributed by atoms with van der Waals surface area (Å²) in [5.74, 6) is 1.21. The third-order valence-electron chi connectivity index (χ3n) is 5.64. The molecule has 0 atom stereocenters. The molecule has 1 heterocycles. The minimum absolute atomic E-state index is 0.107. The summed E-state index contributed by atoms with van der Waals surface area (Å²) in [5.41, 5.74) is 2.56. The smallest absolute Gasteiger partial charge is 0.266 e. The number of ether oxygens (including phenoxy) is 3. The molecular weight excluding hydrogens is 520 g/mol. The number of anilines is 1. The fourth-order valence-electron chi connectivity index (χ4n) is 3.75. The molecule has 38 heavy (non-hydrogen) atoms. The molecule has 4 rings (SSSR count). The largest absolute Gasteiger partial charge is 0.497 e. The van der Waals surface area contributed by atoms with E-state index in [1.165, 1.54) is 11.8 Å². The number of rotatable bonds is 11. The zero-order valence-electron chi connectivity index (χ0n) is 21.1. The maximum Gasteiger partial charge on any atom is 0.266 e. The van der Waals surface area contributed by atoms with Gasteiger partial charge < -0.3 is 19.5 Å². The summed E-state index contributed by atoms with van der Waals surface area (Å²) in [6, 6.07) is 22.4. The number of hydrogen-bond acceptors (Lipinski definition) is 7. The number of hydrogen-bond donors (Lipinski definition) is 1. The molecule has 0 bridgehead atoms. The third-order valence-corrected chi connectivity index (χ3v) is 7.02. The molecule has 0 radical (unpaired) electrons. The average Bonchev–Trinajstić information content (AvgIpc) is 3.19. The number of thioether (sulfide) groups is 1. The molecule has 2 amide bonds. The van der Waals surface area contributed by atoms with Gasteiger partial charge in [-0.15, -0.1) is 0 Å². The number of benzene rings is 3. The van der Waals surface area contributed by atoms with E-state index < -0.39 is 0 Å². The van der Waals surface area contributed by atoms with Gasteiger partial charge in [0.15, 0.2) is 18.1 Å². The number of methoxy groups -OCH3 is 1. The Kier molecular flexibility index (Phi) is 9.40. The van der Waals surface area contributed by atoms with E-state index in [0.29, 0.717) is 45.3 Å². The van der Waals surface area contributed by atoms with Gasteiger partial charge in [0.05, 0.1) is 18.6 Å². The van der Waals surface area contributed by atoms with Crippen molar-refractivity contribution in [3.63, 3.8) is 0 Å². The molecule has 1 N–H and O–H groups in total. The molecule has 0 unspecified atom stereocenters. The van der Waals surface area contributed by atoms with Crippen LogP contribution in [0.25, 0.3) is 6.08 Å². The summed E-state index contributed by atoms with van der Waals surface area (Å²) in [5, 5.41) is 2.78. The second-order valence-electron chi connectivity index (χ2n) is 8.27. The molecule has 0 saturated carbocycles. The first-order valence-corrected chi connectivity index (χ1v) is 13.3. The monoisotopic (exact) mass is 548 g/mol. The standard InChI is InChI=1S/C29H28N2O5S2/c1-3-35-25-17-21(9-14-24(25)36-19-27(32)30-22-10-12-23(34-2)13-11-22)18-26-28(33)31(29(37)38-26)16-15-20-7-5-4-6-8-20/h4-14,17-18H,3,15-16,19H2,1-2H3,(H,30,32)/b26-18-. The van der Waals surface area contributed by atoms with Crippen LogP contribution in [-0.2, 0) is 16.0 Å². The maximum atomic E-state index is 13.0. The Labute approximate surface area is 231 Å². The van der Waals surface area contributed by atoms with E-state index in [4.69, 9.17) is 26.4 Å². The topological polar surface area (TPSA) is 77.1 Å². The van der Waals surface area contributed by atoms with Gasteiger partial charge in [0, 0.05) is 12.2 Å². The molecule has 0 aliphatic carbocycles. The highest BCUT2D eigenvalue weighted by Crippen LogP contribution is 2.35. The summed E-state index contributed by atoms with van der Waals surface area (Å²) in [6.45, 7) is 2.62. The molecule has 1 saturated heterocycles. The molecular formula is C29H28N2O5S2. The molecule has 196 valence electrons. The van der Waals surface area contributed by atoms with Gasteiger partial charge in [0.25, 0.3) is 11.8 Å². The molecule has 1 fully saturated rings. The molecule has 0 spiro atoms. The number of carbonyl (C=O) groups excluding carboxylic acids is 2. The highest BCUT2D eigenvalue weighted by Gasteiger charge is 2.31. The lowest BCUT2D eigenvalue weighted by Gasteiger charge is -2.14. The second-order valence-corrected chi connectivity index (χ2v) is 9.95. The molecule has 1 aliphatic heterocycles. The minimum Gasteiger partial charge on any atom is -0.497 e. The van der Waals surface area contributed by atoms with Crippen molar-refractivity contribution in [1.29, 1.82) is 0 Å². The summed E-state index contributed by atoms with van der Waals surface area (Å²) in [7, 11) is 1.58. The van der Waals surface area contributed by atoms with Crippen LogP contribution in [0.2, 0.25) is 0 Å². The van der Waals surface area contributed by atoms with Gasteiger partial charge in [-0.25, -0.2) is 0 Å². The van der Waals surface area contributed by atoms with Crippen molar-refractivity contribution in [1.82, 2.24) is 4.90 Å². The highest BCUT2D eigenvalue weighted by atomic mass is 32.2. The van der Waals surface area contributed by atoms with Crippen molar-refractivity contribution in [2.75, 3.05) is 32.2 Å². The summed E-state index contributed by atoms with van der Waals surface area (Å²) in [4.78, 5) is 27.6. The summed E-state index contributed by atoms with van der Waals surface area (Å²) >= 11 is 6.76. The Morgan fingerprint density at radius 1 is 1.03 bits per heavy atom. The highest BCUT2D eigenvalue weighted by molar-refractivity contribution is 8.26. The summed E-state index contributed by atoms with van der Waals surface area (Å²) < 4.78 is 17.2. The van der Waals surface area contributed by atoms with Gasteiger partial charge in [0.1, 0.15) is 10.1 Å². The zero-order chi connectivity index (χ0) is 26.9. The lowest BCUT2D eigenvalue weighted by molar-refractivity contribution is -0.122. The van der Waals surface area contributed by atoms with Crippen molar-refractivity contribution >= 4 is 51.9 Å². The van der Waals surface area contributed by atoms with E-state index in [1.54, 1.807) is 54.5 Å². The van der Waals surface area contributed by atoms with Crippen LogP contribution in [0.15, 0.2) is 77.7 Å². The second kappa shape index (κ2) is 13.1. The Bertz CT molecular complexity index is 1330. The normalized spacial score (nSPS) is 14.1. The van der Waals surface area contributed by atoms with Crippen molar-refractivity contribution in [3.8, 4) is 17.2 Å². The number of nitrogens with zero attached hydrogens (tertiary/aromatic N) is 1. The molecule has 7 nitrogen and oxygen atoms in total. The Hall–Kier alpha value is -3.82. The van der Waals surface area contributed by atoms with Crippen molar-refractivity contribution in [3.05, 3.63) is 88.8 Å². The van der Waals surface area contributed by atoms with Crippen molar-refractivity contribution in [2.24, 2.45) is 0 Å². The first-order valence-electron chi connectivity index (χ1n) is 12.1. The van der Waals surface area contributed by atoms with Gasteiger partial charge in [-0.3, -0.25) is 14.5 Å². The number of amides is 2. The van der Waals surface area contributed by atoms with Crippen LogP contribution in [0.3, 0.4) is 0 Å². The molecule has 1 aliphatic rings. The van der Waals surface area contributed by atoms with E-state index in [-0.39, 0.29) is 18.4 Å². The van der Waals surface area contributed by atoms with Gasteiger partial charge in [-0.2, -0.15) is 0 Å². The predicted octanol–water partition coefficient (Wildman–Crippen LogP) is 5.56. The fourth-order valence-corrected chi connectivity index (χ4v) is 5.06. The molecule has 3 aromatic rings. The number of carbonyl (C=O) groups is 2. The fraction of sp³-hybridized carbons (Fsp3) is 0.207. The van der Waals surface area contributed by atoms with Crippen LogP contribution in [0, 0.1) is 0 Å². The summed E-state index contributed by atoms with van der Waals surface area (Å²) in [6.07, 6.45) is 2.53. The van der Waals surface area contributed by atoms with Crippen molar-refractivity contribution < 1.29 is 23.8 Å². The van der Waals surface area contributed by atoms with Gasteiger partial charge in [-0.05, 0) is 66.9 Å². The molecule has 0 aromatic heterocycles. The first kappa shape index (κ1) is 27.2. The van der Waals surface area contributed by atoms with Crippen molar-refractivity contribution in [2.45, 2.75) is 13.3 Å². The van der Waals surface area contributed by atoms with E-state index in [9.17, 15) is 9.59 Å². The number of thiocarbonyl (C=S) groups is 1. The molecule has 9 heteroatoms. The van der Waals surface area contributed by atoms with E-state index in [2.05, 4.69) is 5.32 Å². The van der Waals surface area contributed by atoms with E-state index in [1.807, 2.05) is 43.3 Å². The lowest BCUT2D eigenvalue weighted by atomic mass is 10.1. The van der Waals surface area contributed by atoms with Gasteiger partial charge in [0.2, 0.25) is 0 Å². The van der Waals surface area contributed by atoms with Crippen LogP contribution in [0.4, 0.5) is 5.69 Å². The Morgan fingerprint density at radius 2 is 1.79 bits per heavy atom.